The second kappa shape index (κ2) is 5.96. The molecule has 0 aliphatic heterocycles. The predicted molar refractivity (Wildman–Crippen MR) is 87.9 cm³/mol. The van der Waals surface area contributed by atoms with Crippen LogP contribution in [0.15, 0.2) is 27.3 Å². The lowest BCUT2D eigenvalue weighted by Gasteiger charge is -2.12. The molecule has 2 rings (SSSR count). The molecule has 0 aromatic carbocycles. The zero-order valence-corrected chi connectivity index (χ0v) is 14.7. The Morgan fingerprint density at radius 3 is 2.71 bits per heavy atom. The molecule has 2 aromatic rings. The maximum Gasteiger partial charge on any atom is 0.151 e. The third-order valence-electron chi connectivity index (χ3n) is 2.81. The van der Waals surface area contributed by atoms with Crippen molar-refractivity contribution in [3.8, 4) is 0 Å². The molecule has 0 fully saturated rings. The summed E-state index contributed by atoms with van der Waals surface area (Å²) in [5.41, 5.74) is 1.81. The van der Waals surface area contributed by atoms with Gasteiger partial charge in [0.05, 0.1) is 15.4 Å². The Kier molecular flexibility index (Phi) is 4.63. The molecule has 4 nitrogen and oxygen atoms in total. The zero-order valence-electron chi connectivity index (χ0n) is 12.3. The number of hydrogen-bond donors (Lipinski definition) is 0. The molecule has 0 saturated heterocycles. The van der Waals surface area contributed by atoms with E-state index in [1.54, 1.807) is 22.9 Å². The van der Waals surface area contributed by atoms with Gasteiger partial charge in [-0.05, 0) is 49.7 Å². The van der Waals surface area contributed by atoms with Gasteiger partial charge in [-0.3, -0.25) is 0 Å². The highest BCUT2D eigenvalue weighted by Gasteiger charge is 2.18. The van der Waals surface area contributed by atoms with Gasteiger partial charge in [0.25, 0.3) is 0 Å². The average molecular weight is 374 g/mol. The molecule has 2 aromatic heterocycles. The van der Waals surface area contributed by atoms with Gasteiger partial charge >= 0.3 is 0 Å². The third kappa shape index (κ3) is 3.77. The summed E-state index contributed by atoms with van der Waals surface area (Å²) in [4.78, 5) is 4.38. The summed E-state index contributed by atoms with van der Waals surface area (Å²) in [6.07, 6.45) is 3.85. The Bertz CT molecular complexity index is 719. The van der Waals surface area contributed by atoms with Gasteiger partial charge in [0.2, 0.25) is 0 Å². The van der Waals surface area contributed by atoms with Crippen molar-refractivity contribution in [1.82, 2.24) is 9.38 Å². The second-order valence-electron chi connectivity index (χ2n) is 5.73. The minimum Gasteiger partial charge on any atom is -0.305 e. The van der Waals surface area contributed by atoms with Gasteiger partial charge in [0.15, 0.2) is 5.65 Å². The van der Waals surface area contributed by atoms with Crippen LogP contribution in [0.3, 0.4) is 0 Å². The molecule has 1 unspecified atom stereocenters. The Hall–Kier alpha value is -1.08. The van der Waals surface area contributed by atoms with Crippen molar-refractivity contribution >= 4 is 38.8 Å². The lowest BCUT2D eigenvalue weighted by atomic mass is 10.2. The lowest BCUT2D eigenvalue weighted by molar-refractivity contribution is 0.373. The average Bonchev–Trinajstić information content (AvgIpc) is 2.78. The van der Waals surface area contributed by atoms with E-state index in [9.17, 15) is 8.60 Å². The summed E-state index contributed by atoms with van der Waals surface area (Å²) in [5.74, 6) is 0. The summed E-state index contributed by atoms with van der Waals surface area (Å²) < 4.78 is 31.4. The van der Waals surface area contributed by atoms with E-state index in [4.69, 9.17) is 0 Å². The van der Waals surface area contributed by atoms with E-state index in [2.05, 4.69) is 25.3 Å². The zero-order chi connectivity index (χ0) is 15.8. The number of imidazole rings is 1. The fraction of sp³-hybridized carbons (Fsp3) is 0.429. The standard InChI is InChI=1S/C14H17BrFN3OS/c1-9(16)10-5-12(15)13-18-11(8-19(13)7-10)6-17-21(20)14(2,3)4/h5-9H,1-4H3/t9?,21-/m1/s1. The highest BCUT2D eigenvalue weighted by molar-refractivity contribution is 9.10. The van der Waals surface area contributed by atoms with E-state index in [-0.39, 0.29) is 0 Å². The number of rotatable bonds is 3. The number of fused-ring (bicyclic) bond motifs is 1. The van der Waals surface area contributed by atoms with Crippen LogP contribution in [0.4, 0.5) is 4.39 Å². The molecule has 0 N–H and O–H groups in total. The molecule has 2 heterocycles. The number of halogens is 2. The molecular weight excluding hydrogens is 357 g/mol. The number of hydrogen-bond acceptors (Lipinski definition) is 2. The van der Waals surface area contributed by atoms with Crippen LogP contribution < -0.4 is 0 Å². The van der Waals surface area contributed by atoms with Crippen molar-refractivity contribution in [3.63, 3.8) is 0 Å². The number of nitrogens with zero attached hydrogens (tertiary/aromatic N) is 3. The highest BCUT2D eigenvalue weighted by Crippen LogP contribution is 2.24. The third-order valence-corrected chi connectivity index (χ3v) is 4.74. The Labute approximate surface area is 134 Å². The minimum atomic E-state index is -1.33. The minimum absolute atomic E-state index is 0.410. The monoisotopic (exact) mass is 373 g/mol. The largest absolute Gasteiger partial charge is 0.305 e. The predicted octanol–water partition coefficient (Wildman–Crippen LogP) is 4.01. The summed E-state index contributed by atoms with van der Waals surface area (Å²) >= 11 is 3.39. The first kappa shape index (κ1) is 16.3. The first-order valence-corrected chi connectivity index (χ1v) is 8.37. The molecule has 0 spiro atoms. The smallest absolute Gasteiger partial charge is 0.151 e. The van der Waals surface area contributed by atoms with Crippen molar-refractivity contribution in [2.45, 2.75) is 38.6 Å². The maximum atomic E-state index is 13.4. The van der Waals surface area contributed by atoms with Crippen molar-refractivity contribution < 1.29 is 8.60 Å². The van der Waals surface area contributed by atoms with Gasteiger partial charge in [-0.25, -0.2) is 13.6 Å². The van der Waals surface area contributed by atoms with Crippen molar-refractivity contribution in [3.05, 3.63) is 34.2 Å². The van der Waals surface area contributed by atoms with Crippen molar-refractivity contribution in [2.75, 3.05) is 0 Å². The van der Waals surface area contributed by atoms with Crippen LogP contribution in [0.2, 0.25) is 0 Å². The maximum absolute atomic E-state index is 13.4. The lowest BCUT2D eigenvalue weighted by Crippen LogP contribution is -2.19. The molecule has 0 aliphatic carbocycles. The topological polar surface area (TPSA) is 46.7 Å². The van der Waals surface area contributed by atoms with E-state index in [1.165, 1.54) is 13.1 Å². The quantitative estimate of drug-likeness (QED) is 0.763. The SMILES string of the molecule is CC(F)c1cc(Br)c2nc(C=N[S@](=O)C(C)(C)C)cn2c1. The molecule has 0 bridgehead atoms. The van der Waals surface area contributed by atoms with Crippen molar-refractivity contribution in [1.29, 1.82) is 0 Å². The van der Waals surface area contributed by atoms with E-state index in [0.717, 1.165) is 0 Å². The molecular formula is C14H17BrFN3OS. The van der Waals surface area contributed by atoms with Gasteiger partial charge in [-0.15, -0.1) is 0 Å². The van der Waals surface area contributed by atoms with E-state index >= 15 is 0 Å². The highest BCUT2D eigenvalue weighted by atomic mass is 79.9. The summed E-state index contributed by atoms with van der Waals surface area (Å²) in [6, 6.07) is 1.71. The van der Waals surface area contributed by atoms with E-state index in [1.807, 2.05) is 20.8 Å². The second-order valence-corrected chi connectivity index (χ2v) is 8.52. The van der Waals surface area contributed by atoms with E-state index < -0.39 is 21.9 Å². The molecule has 7 heteroatoms. The van der Waals surface area contributed by atoms with Gasteiger partial charge < -0.3 is 4.40 Å². The van der Waals surface area contributed by atoms with Gasteiger partial charge in [0.1, 0.15) is 22.9 Å². The van der Waals surface area contributed by atoms with Crippen molar-refractivity contribution in [2.24, 2.45) is 4.40 Å². The Balaban J connectivity index is 2.38. The molecule has 114 valence electrons. The van der Waals surface area contributed by atoms with Gasteiger partial charge in [0, 0.05) is 18.0 Å². The number of aromatic nitrogens is 2. The Morgan fingerprint density at radius 2 is 2.14 bits per heavy atom. The molecule has 0 radical (unpaired) electrons. The fourth-order valence-electron chi connectivity index (χ4n) is 1.64. The normalized spacial score (nSPS) is 15.7. The van der Waals surface area contributed by atoms with Crippen LogP contribution in [0.25, 0.3) is 5.65 Å². The van der Waals surface area contributed by atoms with Crippen LogP contribution in [0, 0.1) is 0 Å². The molecule has 0 saturated carbocycles. The molecule has 2 atom stereocenters. The summed E-state index contributed by atoms with van der Waals surface area (Å²) in [7, 11) is -1.33. The fourth-order valence-corrected chi connectivity index (χ4v) is 2.71. The summed E-state index contributed by atoms with van der Waals surface area (Å²) in [6.45, 7) is 7.06. The molecule has 21 heavy (non-hydrogen) atoms. The van der Waals surface area contributed by atoms with Crippen LogP contribution in [-0.2, 0) is 11.0 Å². The molecule has 0 amide bonds. The van der Waals surface area contributed by atoms with E-state index in [0.29, 0.717) is 21.4 Å². The van der Waals surface area contributed by atoms with Gasteiger partial charge in [-0.2, -0.15) is 4.40 Å². The number of alkyl halides is 1. The van der Waals surface area contributed by atoms with Crippen LogP contribution in [-0.4, -0.2) is 24.6 Å². The first-order chi connectivity index (χ1) is 9.68. The Morgan fingerprint density at radius 1 is 1.48 bits per heavy atom. The van der Waals surface area contributed by atoms with Gasteiger partial charge in [-0.1, -0.05) is 0 Å². The van der Waals surface area contributed by atoms with Crippen LogP contribution in [0.5, 0.6) is 0 Å². The number of pyridine rings is 1. The van der Waals surface area contributed by atoms with Crippen LogP contribution >= 0.6 is 15.9 Å². The summed E-state index contributed by atoms with van der Waals surface area (Å²) in [5, 5.41) is 0. The van der Waals surface area contributed by atoms with Crippen LogP contribution in [0.1, 0.15) is 45.1 Å². The molecule has 0 aliphatic rings. The first-order valence-electron chi connectivity index (χ1n) is 6.47.